The van der Waals surface area contributed by atoms with E-state index in [1.165, 1.54) is 25.3 Å². The van der Waals surface area contributed by atoms with Gasteiger partial charge in [0, 0.05) is 23.7 Å². The molecule has 1 aliphatic heterocycles. The molecule has 0 unspecified atom stereocenters. The maximum Gasteiger partial charge on any atom is 0.251 e. The molecule has 0 bridgehead atoms. The molecule has 150 valence electrons. The molecule has 1 saturated heterocycles. The maximum atomic E-state index is 13.5. The number of benzene rings is 1. The predicted octanol–water partition coefficient (Wildman–Crippen LogP) is 2.19. The van der Waals surface area contributed by atoms with Crippen LogP contribution >= 0.6 is 0 Å². The normalized spacial score (nSPS) is 16.0. The van der Waals surface area contributed by atoms with Gasteiger partial charge in [-0.05, 0) is 64.8 Å². The fraction of sp³-hybridized carbons (Fsp3) is 0.600. The fourth-order valence-corrected chi connectivity index (χ4v) is 3.16. The van der Waals surface area contributed by atoms with Gasteiger partial charge in [-0.1, -0.05) is 0 Å². The Morgan fingerprint density at radius 1 is 1.22 bits per heavy atom. The number of nitrogens with zero attached hydrogens (tertiary/aromatic N) is 1. The van der Waals surface area contributed by atoms with E-state index >= 15 is 0 Å². The van der Waals surface area contributed by atoms with Crippen molar-refractivity contribution in [2.75, 3.05) is 33.3 Å². The van der Waals surface area contributed by atoms with Gasteiger partial charge in [0.1, 0.15) is 11.6 Å². The summed E-state index contributed by atoms with van der Waals surface area (Å²) in [6.45, 7) is 8.49. The summed E-state index contributed by atoms with van der Waals surface area (Å²) in [5.74, 6) is -0.0937. The molecule has 0 radical (unpaired) electrons. The second-order valence-corrected chi connectivity index (χ2v) is 8.11. The number of rotatable bonds is 6. The molecular formula is C20H30FN3O3. The Morgan fingerprint density at radius 3 is 2.48 bits per heavy atom. The van der Waals surface area contributed by atoms with Crippen LogP contribution in [-0.4, -0.2) is 55.5 Å². The lowest BCUT2D eigenvalue weighted by Crippen LogP contribution is -2.48. The summed E-state index contributed by atoms with van der Waals surface area (Å²) in [6.07, 6.45) is 1.82. The van der Waals surface area contributed by atoms with Crippen molar-refractivity contribution in [1.29, 1.82) is 0 Å². The summed E-state index contributed by atoms with van der Waals surface area (Å²) in [4.78, 5) is 26.4. The van der Waals surface area contributed by atoms with Crippen LogP contribution in [0.2, 0.25) is 0 Å². The number of carbonyl (C=O) groups excluding carboxylic acids is 2. The largest absolute Gasteiger partial charge is 0.497 e. The highest BCUT2D eigenvalue weighted by atomic mass is 19.1. The number of hydrogen-bond acceptors (Lipinski definition) is 4. The topological polar surface area (TPSA) is 70.7 Å². The molecular weight excluding hydrogens is 349 g/mol. The maximum absolute atomic E-state index is 13.5. The van der Waals surface area contributed by atoms with Crippen molar-refractivity contribution in [3.63, 3.8) is 0 Å². The highest BCUT2D eigenvalue weighted by Gasteiger charge is 2.23. The summed E-state index contributed by atoms with van der Waals surface area (Å²) in [5.41, 5.74) is 0.0300. The van der Waals surface area contributed by atoms with Gasteiger partial charge in [0.05, 0.1) is 13.7 Å². The highest BCUT2D eigenvalue weighted by Crippen LogP contribution is 2.18. The number of carbonyl (C=O) groups is 2. The Bertz CT molecular complexity index is 665. The van der Waals surface area contributed by atoms with Crippen LogP contribution in [0.1, 0.15) is 44.0 Å². The van der Waals surface area contributed by atoms with E-state index in [1.54, 1.807) is 0 Å². The molecule has 1 aromatic carbocycles. The van der Waals surface area contributed by atoms with Gasteiger partial charge in [-0.15, -0.1) is 0 Å². The third-order valence-electron chi connectivity index (χ3n) is 4.51. The van der Waals surface area contributed by atoms with Crippen LogP contribution in [0.15, 0.2) is 18.2 Å². The summed E-state index contributed by atoms with van der Waals surface area (Å²) < 4.78 is 18.5. The summed E-state index contributed by atoms with van der Waals surface area (Å²) >= 11 is 0. The van der Waals surface area contributed by atoms with Gasteiger partial charge in [-0.2, -0.15) is 0 Å². The minimum Gasteiger partial charge on any atom is -0.497 e. The zero-order valence-electron chi connectivity index (χ0n) is 16.6. The average Bonchev–Trinajstić information content (AvgIpc) is 2.58. The van der Waals surface area contributed by atoms with Gasteiger partial charge in [-0.3, -0.25) is 14.5 Å². The average molecular weight is 379 g/mol. The second kappa shape index (κ2) is 9.17. The molecule has 0 aliphatic carbocycles. The number of methoxy groups -OCH3 is 1. The van der Waals surface area contributed by atoms with E-state index in [9.17, 15) is 14.0 Å². The number of nitrogens with one attached hydrogen (secondary N) is 2. The lowest BCUT2D eigenvalue weighted by atomic mass is 9.96. The van der Waals surface area contributed by atoms with Crippen LogP contribution in [0.5, 0.6) is 5.75 Å². The molecule has 0 spiro atoms. The first-order valence-corrected chi connectivity index (χ1v) is 9.32. The third kappa shape index (κ3) is 7.17. The molecule has 1 aromatic rings. The number of amides is 2. The lowest BCUT2D eigenvalue weighted by Gasteiger charge is -2.32. The second-order valence-electron chi connectivity index (χ2n) is 8.11. The van der Waals surface area contributed by atoms with Gasteiger partial charge in [0.15, 0.2) is 0 Å². The van der Waals surface area contributed by atoms with Crippen molar-refractivity contribution < 1.29 is 18.7 Å². The van der Waals surface area contributed by atoms with E-state index < -0.39 is 5.82 Å². The fourth-order valence-electron chi connectivity index (χ4n) is 3.16. The van der Waals surface area contributed by atoms with Crippen LogP contribution in [0.4, 0.5) is 4.39 Å². The number of halogens is 1. The van der Waals surface area contributed by atoms with E-state index in [0.717, 1.165) is 25.9 Å². The van der Waals surface area contributed by atoms with E-state index in [0.29, 0.717) is 24.8 Å². The molecule has 1 aliphatic rings. The molecule has 27 heavy (non-hydrogen) atoms. The van der Waals surface area contributed by atoms with E-state index in [2.05, 4.69) is 15.5 Å². The first-order valence-electron chi connectivity index (χ1n) is 9.32. The highest BCUT2D eigenvalue weighted by molar-refractivity contribution is 5.94. The Hall–Kier alpha value is -2.15. The monoisotopic (exact) mass is 379 g/mol. The summed E-state index contributed by atoms with van der Waals surface area (Å²) in [5, 5.41) is 5.85. The molecule has 7 heteroatoms. The molecule has 2 N–H and O–H groups in total. The first kappa shape index (κ1) is 21.2. The van der Waals surface area contributed by atoms with Gasteiger partial charge in [0.25, 0.3) is 5.91 Å². The number of ether oxygens (including phenoxy) is 1. The van der Waals surface area contributed by atoms with Crippen LogP contribution in [0.3, 0.4) is 0 Å². The molecule has 2 rings (SSSR count). The van der Waals surface area contributed by atoms with Gasteiger partial charge in [-0.25, -0.2) is 4.39 Å². The Balaban J connectivity index is 1.75. The van der Waals surface area contributed by atoms with Crippen LogP contribution in [0, 0.1) is 11.7 Å². The molecule has 0 atom stereocenters. The SMILES string of the molecule is COc1cc(F)cc(C(=O)NCC2CCN(CC(=O)NC(C)(C)C)CC2)c1. The van der Waals surface area contributed by atoms with Gasteiger partial charge >= 0.3 is 0 Å². The summed E-state index contributed by atoms with van der Waals surface area (Å²) in [7, 11) is 1.44. The van der Waals surface area contributed by atoms with Crippen LogP contribution in [0.25, 0.3) is 0 Å². The first-order chi connectivity index (χ1) is 12.7. The molecule has 0 aromatic heterocycles. The van der Waals surface area contributed by atoms with Gasteiger partial charge < -0.3 is 15.4 Å². The van der Waals surface area contributed by atoms with Crippen molar-refractivity contribution in [3.8, 4) is 5.75 Å². The van der Waals surface area contributed by atoms with Crippen molar-refractivity contribution >= 4 is 11.8 Å². The zero-order valence-corrected chi connectivity index (χ0v) is 16.6. The van der Waals surface area contributed by atoms with E-state index in [1.807, 2.05) is 20.8 Å². The quantitative estimate of drug-likeness (QED) is 0.795. The third-order valence-corrected chi connectivity index (χ3v) is 4.51. The lowest BCUT2D eigenvalue weighted by molar-refractivity contribution is -0.124. The predicted molar refractivity (Wildman–Crippen MR) is 102 cm³/mol. The zero-order chi connectivity index (χ0) is 20.0. The summed E-state index contributed by atoms with van der Waals surface area (Å²) in [6, 6.07) is 3.96. The van der Waals surface area contributed by atoms with Gasteiger partial charge in [0.2, 0.25) is 5.91 Å². The van der Waals surface area contributed by atoms with Crippen molar-refractivity contribution in [2.45, 2.75) is 39.2 Å². The number of hydrogen-bond donors (Lipinski definition) is 2. The Morgan fingerprint density at radius 2 is 1.89 bits per heavy atom. The van der Waals surface area contributed by atoms with E-state index in [4.69, 9.17) is 4.74 Å². The smallest absolute Gasteiger partial charge is 0.251 e. The molecule has 0 saturated carbocycles. The van der Waals surface area contributed by atoms with Crippen molar-refractivity contribution in [3.05, 3.63) is 29.6 Å². The van der Waals surface area contributed by atoms with Crippen LogP contribution < -0.4 is 15.4 Å². The Labute approximate surface area is 160 Å². The Kier molecular flexibility index (Phi) is 7.18. The molecule has 1 heterocycles. The number of likely N-dealkylation sites (tertiary alicyclic amines) is 1. The van der Waals surface area contributed by atoms with Crippen molar-refractivity contribution in [2.24, 2.45) is 5.92 Å². The standard InChI is InChI=1S/C20H30FN3O3/c1-20(2,3)23-18(25)13-24-7-5-14(6-8-24)12-22-19(26)15-9-16(21)11-17(10-15)27-4/h9-11,14H,5-8,12-13H2,1-4H3,(H,22,26)(H,23,25). The number of piperidine rings is 1. The minimum atomic E-state index is -0.499. The van der Waals surface area contributed by atoms with Crippen molar-refractivity contribution in [1.82, 2.24) is 15.5 Å². The molecule has 2 amide bonds. The molecule has 6 nitrogen and oxygen atoms in total. The van der Waals surface area contributed by atoms with Crippen LogP contribution in [-0.2, 0) is 4.79 Å². The molecule has 1 fully saturated rings. The minimum absolute atomic E-state index is 0.0364. The van der Waals surface area contributed by atoms with E-state index in [-0.39, 0.29) is 22.9 Å².